The fourth-order valence-electron chi connectivity index (χ4n) is 1.34. The molecule has 0 aliphatic rings. The van der Waals surface area contributed by atoms with Gasteiger partial charge in [0.05, 0.1) is 17.4 Å². The highest BCUT2D eigenvalue weighted by atomic mass is 35.5. The Morgan fingerprint density at radius 2 is 1.89 bits per heavy atom. The van der Waals surface area contributed by atoms with E-state index in [1.54, 1.807) is 29.5 Å². The lowest BCUT2D eigenvalue weighted by Crippen LogP contribution is -2.08. The molecule has 9 heteroatoms. The van der Waals surface area contributed by atoms with Crippen LogP contribution in [0.1, 0.15) is 0 Å². The summed E-state index contributed by atoms with van der Waals surface area (Å²) in [5.74, 6) is 0.639. The van der Waals surface area contributed by atoms with Crippen molar-refractivity contribution >= 4 is 23.2 Å². The summed E-state index contributed by atoms with van der Waals surface area (Å²) in [5, 5.41) is 4.55. The van der Waals surface area contributed by atoms with Crippen LogP contribution in [0.15, 0.2) is 31.1 Å². The molecule has 18 heavy (non-hydrogen) atoms. The Kier molecular flexibility index (Phi) is 2.69. The Hall–Kier alpha value is -1.99. The number of hydrogen-bond acceptors (Lipinski definition) is 5. The van der Waals surface area contributed by atoms with Gasteiger partial charge < -0.3 is 0 Å². The molecule has 0 aliphatic carbocycles. The summed E-state index contributed by atoms with van der Waals surface area (Å²) in [5.41, 5.74) is 0. The maximum atomic E-state index is 5.85. The maximum Gasteiger partial charge on any atom is 0.256 e. The van der Waals surface area contributed by atoms with Gasteiger partial charge in [-0.25, -0.2) is 9.67 Å². The second-order valence-electron chi connectivity index (χ2n) is 3.28. The number of imidazole rings is 1. The predicted molar refractivity (Wildman–Crippen MR) is 64.1 cm³/mol. The summed E-state index contributed by atoms with van der Waals surface area (Å²) < 4.78 is 3.03. The van der Waals surface area contributed by atoms with Crippen LogP contribution in [-0.4, -0.2) is 34.3 Å². The molecule has 0 radical (unpaired) electrons. The van der Waals surface area contributed by atoms with E-state index in [1.165, 1.54) is 10.9 Å². The lowest BCUT2D eigenvalue weighted by molar-refractivity contribution is 0.774. The largest absolute Gasteiger partial charge is 0.274 e. The third-order valence-corrected chi connectivity index (χ3v) is 2.44. The van der Waals surface area contributed by atoms with Gasteiger partial charge in [-0.2, -0.15) is 20.1 Å². The van der Waals surface area contributed by atoms with Gasteiger partial charge in [0.15, 0.2) is 0 Å². The zero-order chi connectivity index (χ0) is 12.5. The van der Waals surface area contributed by atoms with Crippen LogP contribution in [0.5, 0.6) is 0 Å². The van der Waals surface area contributed by atoms with Gasteiger partial charge in [-0.15, -0.1) is 0 Å². The van der Waals surface area contributed by atoms with E-state index in [-0.39, 0.29) is 11.2 Å². The Bertz CT molecular complexity index is 676. The monoisotopic (exact) mass is 281 g/mol. The first-order valence-corrected chi connectivity index (χ1v) is 5.58. The van der Waals surface area contributed by atoms with Crippen LogP contribution >= 0.6 is 23.2 Å². The van der Waals surface area contributed by atoms with Crippen molar-refractivity contribution in [2.75, 3.05) is 0 Å². The molecule has 7 nitrogen and oxygen atoms in total. The van der Waals surface area contributed by atoms with Gasteiger partial charge in [0, 0.05) is 12.4 Å². The van der Waals surface area contributed by atoms with Crippen molar-refractivity contribution in [3.05, 3.63) is 41.4 Å². The van der Waals surface area contributed by atoms with Crippen LogP contribution in [0.25, 0.3) is 11.9 Å². The molecule has 0 atom stereocenters. The number of hydrogen-bond donors (Lipinski definition) is 0. The van der Waals surface area contributed by atoms with Crippen LogP contribution < -0.4 is 0 Å². The van der Waals surface area contributed by atoms with Crippen molar-refractivity contribution in [2.24, 2.45) is 0 Å². The minimum absolute atomic E-state index is 0.0651. The molecule has 0 N–H and O–H groups in total. The van der Waals surface area contributed by atoms with Crippen LogP contribution in [0.4, 0.5) is 0 Å². The first-order valence-electron chi connectivity index (χ1n) is 4.83. The van der Waals surface area contributed by atoms with Crippen molar-refractivity contribution in [3.63, 3.8) is 0 Å². The second-order valence-corrected chi connectivity index (χ2v) is 4.05. The summed E-state index contributed by atoms with van der Waals surface area (Å²) >= 11 is 11.6. The van der Waals surface area contributed by atoms with E-state index in [1.807, 2.05) is 0 Å². The lowest BCUT2D eigenvalue weighted by Gasteiger charge is -2.03. The van der Waals surface area contributed by atoms with Gasteiger partial charge in [0.2, 0.25) is 11.2 Å². The number of halogens is 2. The van der Waals surface area contributed by atoms with Gasteiger partial charge in [0.25, 0.3) is 5.95 Å². The zero-order valence-corrected chi connectivity index (χ0v) is 10.3. The Morgan fingerprint density at radius 1 is 1.06 bits per heavy atom. The lowest BCUT2D eigenvalue weighted by atomic mass is 10.7. The van der Waals surface area contributed by atoms with E-state index >= 15 is 0 Å². The number of rotatable bonds is 2. The smallest absolute Gasteiger partial charge is 0.256 e. The predicted octanol–water partition coefficient (Wildman–Crippen LogP) is 1.55. The summed E-state index contributed by atoms with van der Waals surface area (Å²) in [7, 11) is 0. The highest BCUT2D eigenvalue weighted by Gasteiger charge is 2.09. The topological polar surface area (TPSA) is 74.3 Å². The van der Waals surface area contributed by atoms with Gasteiger partial charge in [-0.05, 0) is 11.6 Å². The Balaban J connectivity index is 2.11. The van der Waals surface area contributed by atoms with E-state index < -0.39 is 0 Å². The van der Waals surface area contributed by atoms with Crippen LogP contribution in [-0.2, 0) is 0 Å². The molecule has 3 aromatic heterocycles. The zero-order valence-electron chi connectivity index (χ0n) is 8.77. The molecule has 3 rings (SSSR count). The highest BCUT2D eigenvalue weighted by Crippen LogP contribution is 2.11. The number of aromatic nitrogens is 7. The first-order chi connectivity index (χ1) is 8.72. The van der Waals surface area contributed by atoms with Crippen molar-refractivity contribution in [3.8, 4) is 11.9 Å². The molecule has 90 valence electrons. The van der Waals surface area contributed by atoms with E-state index in [0.29, 0.717) is 11.0 Å². The quantitative estimate of drug-likeness (QED) is 0.713. The molecule has 0 amide bonds. The molecule has 0 spiro atoms. The van der Waals surface area contributed by atoms with Crippen molar-refractivity contribution < 1.29 is 0 Å². The molecule has 0 saturated heterocycles. The van der Waals surface area contributed by atoms with Gasteiger partial charge in [-0.3, -0.25) is 4.57 Å². The molecule has 0 aromatic carbocycles. The molecule has 0 fully saturated rings. The molecule has 3 heterocycles. The minimum Gasteiger partial charge on any atom is -0.274 e. The second kappa shape index (κ2) is 4.35. The average Bonchev–Trinajstić information content (AvgIpc) is 2.98. The summed E-state index contributed by atoms with van der Waals surface area (Å²) in [6.45, 7) is 0. The fraction of sp³-hybridized carbons (Fsp3) is 0. The third kappa shape index (κ3) is 2.05. The van der Waals surface area contributed by atoms with E-state index in [9.17, 15) is 0 Å². The maximum absolute atomic E-state index is 5.85. The van der Waals surface area contributed by atoms with E-state index in [4.69, 9.17) is 23.2 Å². The van der Waals surface area contributed by atoms with Crippen LogP contribution in [0.3, 0.4) is 0 Å². The summed E-state index contributed by atoms with van der Waals surface area (Å²) in [4.78, 5) is 16.1. The van der Waals surface area contributed by atoms with E-state index in [0.717, 1.165) is 0 Å². The van der Waals surface area contributed by atoms with Crippen molar-refractivity contribution in [1.82, 2.24) is 34.3 Å². The van der Waals surface area contributed by atoms with Crippen molar-refractivity contribution in [1.29, 1.82) is 0 Å². The van der Waals surface area contributed by atoms with Crippen molar-refractivity contribution in [2.45, 2.75) is 0 Å². The molecule has 0 saturated carbocycles. The Morgan fingerprint density at radius 3 is 2.56 bits per heavy atom. The number of nitrogens with zero attached hydrogens (tertiary/aromatic N) is 7. The summed E-state index contributed by atoms with van der Waals surface area (Å²) in [6, 6.07) is 0. The fourth-order valence-corrected chi connectivity index (χ4v) is 1.62. The van der Waals surface area contributed by atoms with E-state index in [2.05, 4.69) is 25.0 Å². The summed E-state index contributed by atoms with van der Waals surface area (Å²) in [6.07, 6.45) is 7.93. The van der Waals surface area contributed by atoms with Gasteiger partial charge in [0.1, 0.15) is 6.33 Å². The molecule has 0 bridgehead atoms. The van der Waals surface area contributed by atoms with Gasteiger partial charge >= 0.3 is 0 Å². The minimum atomic E-state index is 0.0651. The molecular formula is C9H5Cl2N7. The average molecular weight is 282 g/mol. The normalized spacial score (nSPS) is 10.8. The molecule has 0 aliphatic heterocycles. The molecular weight excluding hydrogens is 277 g/mol. The standard InChI is InChI=1S/C9H5Cl2N7/c10-6-3-13-18(4-6)9-15-7(11)14-8(16-9)17-2-1-12-5-17/h1-5H. The molecule has 0 unspecified atom stereocenters. The Labute approximate surface area is 111 Å². The van der Waals surface area contributed by atoms with Crippen LogP contribution in [0.2, 0.25) is 10.3 Å². The van der Waals surface area contributed by atoms with Crippen LogP contribution in [0, 0.1) is 0 Å². The third-order valence-electron chi connectivity index (χ3n) is 2.08. The first kappa shape index (κ1) is 11.1. The SMILES string of the molecule is Clc1cnn(-c2nc(Cl)nc(-n3ccnc3)n2)c1. The molecule has 3 aromatic rings. The highest BCUT2D eigenvalue weighted by molar-refractivity contribution is 6.30. The van der Waals surface area contributed by atoms with Gasteiger partial charge in [-0.1, -0.05) is 11.6 Å².